The van der Waals surface area contributed by atoms with E-state index in [4.69, 9.17) is 14.2 Å². The monoisotopic (exact) mass is 927 g/mol. The van der Waals surface area contributed by atoms with Crippen LogP contribution in [0, 0.1) is 0 Å². The van der Waals surface area contributed by atoms with E-state index in [1.807, 2.05) is 0 Å². The molecule has 388 valence electrons. The lowest BCUT2D eigenvalue weighted by molar-refractivity contribution is -0.163. The van der Waals surface area contributed by atoms with Crippen molar-refractivity contribution in [3.63, 3.8) is 0 Å². The first-order valence-electron chi connectivity index (χ1n) is 29.5. The van der Waals surface area contributed by atoms with Crippen LogP contribution in [0.1, 0.15) is 316 Å². The van der Waals surface area contributed by atoms with E-state index in [9.17, 15) is 9.59 Å². The summed E-state index contributed by atoms with van der Waals surface area (Å²) >= 11 is 0. The molecule has 0 saturated carbocycles. The molecule has 0 radical (unpaired) electrons. The largest absolute Gasteiger partial charge is 0.462 e. The van der Waals surface area contributed by atoms with E-state index in [1.54, 1.807) is 0 Å². The van der Waals surface area contributed by atoms with E-state index in [0.717, 1.165) is 51.4 Å². The van der Waals surface area contributed by atoms with Crippen LogP contribution >= 0.6 is 0 Å². The molecule has 66 heavy (non-hydrogen) atoms. The van der Waals surface area contributed by atoms with E-state index in [2.05, 4.69) is 57.2 Å². The second-order valence-corrected chi connectivity index (χ2v) is 19.9. The fourth-order valence-corrected chi connectivity index (χ4v) is 8.67. The van der Waals surface area contributed by atoms with Crippen LogP contribution < -0.4 is 0 Å². The van der Waals surface area contributed by atoms with Crippen molar-refractivity contribution in [2.24, 2.45) is 0 Å². The van der Waals surface area contributed by atoms with Gasteiger partial charge in [-0.3, -0.25) is 9.59 Å². The predicted molar refractivity (Wildman–Crippen MR) is 288 cm³/mol. The van der Waals surface area contributed by atoms with Crippen molar-refractivity contribution < 1.29 is 23.8 Å². The highest BCUT2D eigenvalue weighted by Crippen LogP contribution is 2.16. The first-order chi connectivity index (χ1) is 32.6. The predicted octanol–water partition coefficient (Wildman–Crippen LogP) is 20.1. The van der Waals surface area contributed by atoms with E-state index < -0.39 is 6.10 Å². The topological polar surface area (TPSA) is 61.8 Å². The Morgan fingerprint density at radius 1 is 0.318 bits per heavy atom. The third-order valence-corrected chi connectivity index (χ3v) is 13.1. The quantitative estimate of drug-likeness (QED) is 0.0345. The van der Waals surface area contributed by atoms with Gasteiger partial charge in [-0.05, 0) is 96.3 Å². The minimum Gasteiger partial charge on any atom is -0.462 e. The summed E-state index contributed by atoms with van der Waals surface area (Å²) < 4.78 is 17.5. The second kappa shape index (κ2) is 57.4. The van der Waals surface area contributed by atoms with Crippen molar-refractivity contribution >= 4 is 11.9 Å². The van der Waals surface area contributed by atoms with Crippen molar-refractivity contribution in [1.29, 1.82) is 0 Å². The summed E-state index contributed by atoms with van der Waals surface area (Å²) in [5.74, 6) is -0.396. The molecule has 0 heterocycles. The maximum atomic E-state index is 12.8. The molecule has 0 aromatic rings. The molecule has 0 amide bonds. The minimum absolute atomic E-state index is 0.0834. The summed E-state index contributed by atoms with van der Waals surface area (Å²) in [6, 6.07) is 0. The molecule has 0 aliphatic carbocycles. The zero-order valence-electron chi connectivity index (χ0n) is 44.7. The van der Waals surface area contributed by atoms with E-state index in [-0.39, 0.29) is 25.2 Å². The van der Waals surface area contributed by atoms with Gasteiger partial charge in [-0.15, -0.1) is 0 Å². The molecule has 5 heteroatoms. The smallest absolute Gasteiger partial charge is 0.306 e. The third-order valence-electron chi connectivity index (χ3n) is 13.1. The summed E-state index contributed by atoms with van der Waals surface area (Å²) in [7, 11) is 0. The van der Waals surface area contributed by atoms with Crippen LogP contribution in [0.15, 0.2) is 36.5 Å². The van der Waals surface area contributed by atoms with Crippen LogP contribution in [-0.4, -0.2) is 37.9 Å². The number of hydrogen-bond donors (Lipinski definition) is 0. The zero-order valence-corrected chi connectivity index (χ0v) is 44.7. The van der Waals surface area contributed by atoms with Gasteiger partial charge in [0.05, 0.1) is 6.61 Å². The van der Waals surface area contributed by atoms with E-state index in [1.165, 1.54) is 231 Å². The Morgan fingerprint density at radius 3 is 0.939 bits per heavy atom. The van der Waals surface area contributed by atoms with E-state index >= 15 is 0 Å². The van der Waals surface area contributed by atoms with Crippen LogP contribution in [-0.2, 0) is 23.8 Å². The van der Waals surface area contributed by atoms with Crippen molar-refractivity contribution in [3.8, 4) is 0 Å². The normalized spacial score (nSPS) is 12.3. The van der Waals surface area contributed by atoms with Crippen molar-refractivity contribution in [2.45, 2.75) is 322 Å². The van der Waals surface area contributed by atoms with E-state index in [0.29, 0.717) is 19.4 Å². The highest BCUT2D eigenvalue weighted by Gasteiger charge is 2.17. The van der Waals surface area contributed by atoms with Gasteiger partial charge in [-0.2, -0.15) is 0 Å². The number of allylic oxidation sites excluding steroid dienone is 6. The Labute approximate surface area is 412 Å². The van der Waals surface area contributed by atoms with Gasteiger partial charge < -0.3 is 14.2 Å². The molecule has 0 fully saturated rings. The van der Waals surface area contributed by atoms with Crippen molar-refractivity contribution in [3.05, 3.63) is 36.5 Å². The first-order valence-corrected chi connectivity index (χ1v) is 29.5. The molecule has 0 saturated heterocycles. The van der Waals surface area contributed by atoms with Crippen LogP contribution in [0.4, 0.5) is 0 Å². The highest BCUT2D eigenvalue weighted by atomic mass is 16.6. The fourth-order valence-electron chi connectivity index (χ4n) is 8.67. The molecule has 0 aromatic carbocycles. The number of rotatable bonds is 55. The fraction of sp³-hybridized carbons (Fsp3) is 0.869. The molecule has 0 aliphatic rings. The van der Waals surface area contributed by atoms with Gasteiger partial charge in [-0.1, -0.05) is 243 Å². The van der Waals surface area contributed by atoms with Crippen molar-refractivity contribution in [2.75, 3.05) is 19.8 Å². The molecule has 0 rings (SSSR count). The summed E-state index contributed by atoms with van der Waals surface area (Å²) in [6.07, 6.45) is 70.2. The molecule has 0 bridgehead atoms. The Morgan fingerprint density at radius 2 is 0.591 bits per heavy atom. The Hall–Kier alpha value is -1.88. The number of carbonyl (C=O) groups excluding carboxylic acids is 2. The van der Waals surface area contributed by atoms with Crippen LogP contribution in [0.3, 0.4) is 0 Å². The molecule has 1 unspecified atom stereocenters. The Bertz CT molecular complexity index is 1050. The maximum absolute atomic E-state index is 12.8. The van der Waals surface area contributed by atoms with Crippen LogP contribution in [0.5, 0.6) is 0 Å². The molecule has 0 aromatic heterocycles. The third kappa shape index (κ3) is 54.7. The summed E-state index contributed by atoms with van der Waals surface area (Å²) in [5, 5.41) is 0. The van der Waals surface area contributed by atoms with Crippen molar-refractivity contribution in [1.82, 2.24) is 0 Å². The molecular weight excluding hydrogens is 813 g/mol. The van der Waals surface area contributed by atoms with Gasteiger partial charge in [0.2, 0.25) is 0 Å². The lowest BCUT2D eigenvalue weighted by Crippen LogP contribution is -2.30. The maximum Gasteiger partial charge on any atom is 0.306 e. The SMILES string of the molecule is CCCCCC/C=C\CCCCCCCC(=O)OC(COCCCCCCCCCCCC/C=C\CCCCCCCC)COC(=O)CCCCCCCCC/C=C\CCCCCCCC. The summed E-state index contributed by atoms with van der Waals surface area (Å²) in [6.45, 7) is 7.84. The number of carbonyl (C=O) groups is 2. The highest BCUT2D eigenvalue weighted by molar-refractivity contribution is 5.70. The molecule has 0 aliphatic heterocycles. The molecular formula is C61H114O5. The van der Waals surface area contributed by atoms with Gasteiger partial charge in [0.25, 0.3) is 0 Å². The van der Waals surface area contributed by atoms with Crippen LogP contribution in [0.2, 0.25) is 0 Å². The number of esters is 2. The lowest BCUT2D eigenvalue weighted by Gasteiger charge is -2.18. The first kappa shape index (κ1) is 64.1. The minimum atomic E-state index is -0.540. The number of hydrogen-bond acceptors (Lipinski definition) is 5. The number of unbranched alkanes of at least 4 members (excludes halogenated alkanes) is 38. The Balaban J connectivity index is 4.21. The van der Waals surface area contributed by atoms with Gasteiger partial charge in [0, 0.05) is 19.4 Å². The molecule has 0 N–H and O–H groups in total. The number of ether oxygens (including phenoxy) is 3. The zero-order chi connectivity index (χ0) is 47.7. The lowest BCUT2D eigenvalue weighted by atomic mass is 10.1. The van der Waals surface area contributed by atoms with Gasteiger partial charge in [0.15, 0.2) is 6.10 Å². The van der Waals surface area contributed by atoms with Crippen LogP contribution in [0.25, 0.3) is 0 Å². The average molecular weight is 928 g/mol. The van der Waals surface area contributed by atoms with Gasteiger partial charge in [-0.25, -0.2) is 0 Å². The Kier molecular flexibility index (Phi) is 55.8. The standard InChI is InChI=1S/C61H114O5/c1-4-7-10-13-16-19-22-25-27-29-30-31-33-35-38-41-44-47-50-53-56-64-57-59(66-61(63)55-52-49-46-43-40-36-24-21-18-15-12-9-6-3)58-65-60(62)54-51-48-45-42-39-37-34-32-28-26-23-20-17-14-11-8-5-2/h21,24-28,59H,4-20,22-23,29-58H2,1-3H3/b24-21-,27-25-,28-26-. The average Bonchev–Trinajstić information content (AvgIpc) is 3.32. The molecule has 1 atom stereocenters. The summed E-state index contributed by atoms with van der Waals surface area (Å²) in [5.41, 5.74) is 0. The summed E-state index contributed by atoms with van der Waals surface area (Å²) in [4.78, 5) is 25.5. The molecule has 5 nitrogen and oxygen atoms in total. The second-order valence-electron chi connectivity index (χ2n) is 19.9. The van der Waals surface area contributed by atoms with Gasteiger partial charge in [0.1, 0.15) is 6.61 Å². The van der Waals surface area contributed by atoms with Gasteiger partial charge >= 0.3 is 11.9 Å². The molecule has 0 spiro atoms.